The molecule has 1 rings (SSSR count). The average molecular weight is 277 g/mol. The van der Waals surface area contributed by atoms with Gasteiger partial charge < -0.3 is 10.4 Å². The Morgan fingerprint density at radius 2 is 2.00 bits per heavy atom. The summed E-state index contributed by atoms with van der Waals surface area (Å²) in [5.41, 5.74) is 3.73. The summed E-state index contributed by atoms with van der Waals surface area (Å²) in [6.45, 7) is 6.36. The molecule has 0 aromatic carbocycles. The van der Waals surface area contributed by atoms with Crippen LogP contribution in [0.1, 0.15) is 56.4 Å². The maximum atomic E-state index is 9.55. The largest absolute Gasteiger partial charge is 0.392 e. The van der Waals surface area contributed by atoms with Crippen molar-refractivity contribution in [2.75, 3.05) is 12.4 Å². The van der Waals surface area contributed by atoms with Gasteiger partial charge in [-0.3, -0.25) is 9.98 Å². The van der Waals surface area contributed by atoms with Crippen molar-refractivity contribution in [3.8, 4) is 0 Å². The third kappa shape index (κ3) is 4.30. The van der Waals surface area contributed by atoms with Crippen LogP contribution in [0.5, 0.6) is 0 Å². The van der Waals surface area contributed by atoms with Crippen molar-refractivity contribution in [1.82, 2.24) is 4.98 Å². The third-order valence-electron chi connectivity index (χ3n) is 3.45. The minimum atomic E-state index is -0.00879. The molecule has 0 radical (unpaired) electrons. The summed E-state index contributed by atoms with van der Waals surface area (Å²) in [4.78, 5) is 8.45. The average Bonchev–Trinajstić information content (AvgIpc) is 2.43. The van der Waals surface area contributed by atoms with Gasteiger partial charge in [-0.05, 0) is 19.8 Å². The van der Waals surface area contributed by atoms with Gasteiger partial charge in [-0.25, -0.2) is 0 Å². The van der Waals surface area contributed by atoms with Crippen LogP contribution < -0.4 is 5.32 Å². The SMILES string of the molecule is CCCC(CCC)Nc1c(CO)cnc(C)c1/C=N\C. The molecule has 1 heterocycles. The van der Waals surface area contributed by atoms with Gasteiger partial charge in [0.15, 0.2) is 0 Å². The van der Waals surface area contributed by atoms with Crippen LogP contribution in [0.2, 0.25) is 0 Å². The van der Waals surface area contributed by atoms with Gasteiger partial charge in [-0.1, -0.05) is 26.7 Å². The summed E-state index contributed by atoms with van der Waals surface area (Å²) in [7, 11) is 1.75. The molecule has 0 fully saturated rings. The quantitative estimate of drug-likeness (QED) is 0.717. The van der Waals surface area contributed by atoms with Crippen LogP contribution in [0, 0.1) is 6.92 Å². The molecule has 0 saturated heterocycles. The number of nitrogens with one attached hydrogen (secondary N) is 1. The Bertz CT molecular complexity index is 438. The molecule has 0 amide bonds. The van der Waals surface area contributed by atoms with Gasteiger partial charge in [0.05, 0.1) is 12.3 Å². The second kappa shape index (κ2) is 8.69. The first-order valence-electron chi connectivity index (χ1n) is 7.45. The van der Waals surface area contributed by atoms with Crippen LogP contribution in [0.25, 0.3) is 0 Å². The van der Waals surface area contributed by atoms with Crippen LogP contribution in [0.4, 0.5) is 5.69 Å². The molecular weight excluding hydrogens is 250 g/mol. The zero-order valence-corrected chi connectivity index (χ0v) is 13.1. The lowest BCUT2D eigenvalue weighted by Crippen LogP contribution is -2.21. The van der Waals surface area contributed by atoms with Crippen molar-refractivity contribution in [3.63, 3.8) is 0 Å². The number of anilines is 1. The predicted octanol–water partition coefficient (Wildman–Crippen LogP) is 3.31. The lowest BCUT2D eigenvalue weighted by Gasteiger charge is -2.22. The topological polar surface area (TPSA) is 57.5 Å². The molecule has 20 heavy (non-hydrogen) atoms. The molecule has 1 aromatic heterocycles. The first-order valence-corrected chi connectivity index (χ1v) is 7.45. The van der Waals surface area contributed by atoms with Crippen LogP contribution in [-0.2, 0) is 6.61 Å². The molecule has 0 aliphatic rings. The number of aliphatic hydroxyl groups is 1. The predicted molar refractivity (Wildman–Crippen MR) is 85.6 cm³/mol. The summed E-state index contributed by atoms with van der Waals surface area (Å²) in [5.74, 6) is 0. The van der Waals surface area contributed by atoms with Gasteiger partial charge in [0.2, 0.25) is 0 Å². The highest BCUT2D eigenvalue weighted by Crippen LogP contribution is 2.24. The summed E-state index contributed by atoms with van der Waals surface area (Å²) < 4.78 is 0. The lowest BCUT2D eigenvalue weighted by atomic mass is 10.0. The number of hydrogen-bond acceptors (Lipinski definition) is 4. The van der Waals surface area contributed by atoms with E-state index >= 15 is 0 Å². The van der Waals surface area contributed by atoms with Gasteiger partial charge >= 0.3 is 0 Å². The summed E-state index contributed by atoms with van der Waals surface area (Å²) in [6, 6.07) is 0.432. The maximum absolute atomic E-state index is 9.55. The van der Waals surface area contributed by atoms with Crippen LogP contribution in [-0.4, -0.2) is 29.4 Å². The summed E-state index contributed by atoms with van der Waals surface area (Å²) in [6.07, 6.45) is 8.12. The van der Waals surface area contributed by atoms with Gasteiger partial charge in [0, 0.05) is 42.3 Å². The fourth-order valence-corrected chi connectivity index (χ4v) is 2.43. The highest BCUT2D eigenvalue weighted by Gasteiger charge is 2.14. The lowest BCUT2D eigenvalue weighted by molar-refractivity contribution is 0.282. The number of aromatic nitrogens is 1. The van der Waals surface area contributed by atoms with E-state index in [0.29, 0.717) is 6.04 Å². The van der Waals surface area contributed by atoms with Crippen molar-refractivity contribution in [3.05, 3.63) is 23.0 Å². The van der Waals surface area contributed by atoms with Gasteiger partial charge in [0.25, 0.3) is 0 Å². The molecule has 112 valence electrons. The van der Waals surface area contributed by atoms with Crippen molar-refractivity contribution in [2.24, 2.45) is 4.99 Å². The fraction of sp³-hybridized carbons (Fsp3) is 0.625. The van der Waals surface area contributed by atoms with E-state index < -0.39 is 0 Å². The van der Waals surface area contributed by atoms with Gasteiger partial charge in [-0.15, -0.1) is 0 Å². The Balaban J connectivity index is 3.14. The number of nitrogens with zero attached hydrogens (tertiary/aromatic N) is 2. The van der Waals surface area contributed by atoms with Crippen molar-refractivity contribution in [1.29, 1.82) is 0 Å². The number of aliphatic imine (C=N–C) groups is 1. The monoisotopic (exact) mass is 277 g/mol. The van der Waals surface area contributed by atoms with Crippen LogP contribution >= 0.6 is 0 Å². The molecule has 0 saturated carbocycles. The van der Waals surface area contributed by atoms with E-state index in [1.807, 2.05) is 13.1 Å². The molecule has 0 aliphatic heterocycles. The molecule has 0 spiro atoms. The first-order chi connectivity index (χ1) is 9.67. The first kappa shape index (κ1) is 16.6. The Labute approximate surface area is 122 Å². The number of hydrogen-bond donors (Lipinski definition) is 2. The number of aryl methyl sites for hydroxylation is 1. The van der Waals surface area contributed by atoms with Gasteiger partial charge in [-0.2, -0.15) is 0 Å². The minimum absolute atomic E-state index is 0.00879. The summed E-state index contributed by atoms with van der Waals surface area (Å²) in [5, 5.41) is 13.2. The number of pyridine rings is 1. The molecule has 0 unspecified atom stereocenters. The number of aliphatic hydroxyl groups excluding tert-OH is 1. The van der Waals surface area contributed by atoms with Crippen LogP contribution in [0.3, 0.4) is 0 Å². The van der Waals surface area contributed by atoms with E-state index in [4.69, 9.17) is 0 Å². The molecule has 0 aliphatic carbocycles. The molecule has 4 heteroatoms. The third-order valence-corrected chi connectivity index (χ3v) is 3.45. The highest BCUT2D eigenvalue weighted by molar-refractivity contribution is 5.90. The minimum Gasteiger partial charge on any atom is -0.392 e. The van der Waals surface area contributed by atoms with Crippen molar-refractivity contribution in [2.45, 2.75) is 59.1 Å². The Hall–Kier alpha value is -1.42. The van der Waals surface area contributed by atoms with E-state index in [2.05, 4.69) is 29.1 Å². The standard InChI is InChI=1S/C16H27N3O/c1-5-7-14(8-6-2)19-16-13(11-20)9-18-12(3)15(16)10-17-4/h9-10,14,20H,5-8,11H2,1-4H3,(H,18,19)/b17-10-. The molecule has 0 atom stereocenters. The Morgan fingerprint density at radius 1 is 1.35 bits per heavy atom. The molecule has 2 N–H and O–H groups in total. The van der Waals surface area contributed by atoms with E-state index in [9.17, 15) is 5.11 Å². The fourth-order valence-electron chi connectivity index (χ4n) is 2.43. The molecule has 4 nitrogen and oxygen atoms in total. The zero-order valence-electron chi connectivity index (χ0n) is 13.1. The maximum Gasteiger partial charge on any atom is 0.0717 e. The van der Waals surface area contributed by atoms with E-state index in [1.54, 1.807) is 13.2 Å². The Kier molecular flexibility index (Phi) is 7.23. The second-order valence-corrected chi connectivity index (χ2v) is 5.12. The van der Waals surface area contributed by atoms with Crippen LogP contribution in [0.15, 0.2) is 11.2 Å². The second-order valence-electron chi connectivity index (χ2n) is 5.12. The zero-order chi connectivity index (χ0) is 15.0. The van der Waals surface area contributed by atoms with E-state index in [0.717, 1.165) is 48.2 Å². The normalized spacial score (nSPS) is 11.5. The molecule has 1 aromatic rings. The highest BCUT2D eigenvalue weighted by atomic mass is 16.3. The summed E-state index contributed by atoms with van der Waals surface area (Å²) >= 11 is 0. The Morgan fingerprint density at radius 3 is 2.50 bits per heavy atom. The molecular formula is C16H27N3O. The van der Waals surface area contributed by atoms with E-state index in [1.165, 1.54) is 0 Å². The smallest absolute Gasteiger partial charge is 0.0717 e. The van der Waals surface area contributed by atoms with Crippen molar-refractivity contribution >= 4 is 11.9 Å². The number of rotatable bonds is 8. The van der Waals surface area contributed by atoms with E-state index in [-0.39, 0.29) is 6.61 Å². The van der Waals surface area contributed by atoms with Crippen molar-refractivity contribution < 1.29 is 5.11 Å². The molecule has 0 bridgehead atoms. The van der Waals surface area contributed by atoms with Gasteiger partial charge in [0.1, 0.15) is 0 Å².